The van der Waals surface area contributed by atoms with E-state index in [2.05, 4.69) is 15.9 Å². The fraction of sp³-hybridized carbons (Fsp3) is 0.188. The smallest absolute Gasteiger partial charge is 0.132 e. The van der Waals surface area contributed by atoms with Crippen LogP contribution in [0.1, 0.15) is 19.4 Å². The van der Waals surface area contributed by atoms with Crippen LogP contribution in [0, 0.1) is 5.41 Å². The molecule has 1 aromatic rings. The number of hydrogen-bond donors (Lipinski definition) is 2. The molecular weight excluding hydrogens is 318 g/mol. The Morgan fingerprint density at radius 1 is 1.20 bits per heavy atom. The predicted octanol–water partition coefficient (Wildman–Crippen LogP) is 4.61. The lowest BCUT2D eigenvalue weighted by Gasteiger charge is -2.12. The van der Waals surface area contributed by atoms with Gasteiger partial charge in [0.05, 0.1) is 11.8 Å². The molecule has 1 aromatic carbocycles. The molecule has 0 radical (unpaired) electrons. The molecule has 1 aliphatic carbocycles. The molecule has 2 rings (SSSR count). The minimum absolute atomic E-state index is 0.0902. The maximum Gasteiger partial charge on any atom is 0.132 e. The van der Waals surface area contributed by atoms with Crippen LogP contribution in [-0.4, -0.2) is 16.9 Å². The SMILES string of the molecule is CC(C)Oc1ccc(/C(O)=C2\C=C(Br)C=CC2=N)cc1. The van der Waals surface area contributed by atoms with Gasteiger partial charge in [0, 0.05) is 15.6 Å². The average Bonchev–Trinajstić information content (AvgIpc) is 2.41. The largest absolute Gasteiger partial charge is 0.507 e. The van der Waals surface area contributed by atoms with Crippen molar-refractivity contribution >= 4 is 27.4 Å². The molecule has 1 aliphatic rings. The number of allylic oxidation sites excluding steroid dienone is 5. The van der Waals surface area contributed by atoms with Crippen molar-refractivity contribution in [3.05, 3.63) is 58.1 Å². The fourth-order valence-corrected chi connectivity index (χ4v) is 2.19. The van der Waals surface area contributed by atoms with Crippen molar-refractivity contribution in [1.82, 2.24) is 0 Å². The number of ether oxygens (including phenoxy) is 1. The van der Waals surface area contributed by atoms with Gasteiger partial charge in [-0.2, -0.15) is 0 Å². The van der Waals surface area contributed by atoms with Crippen molar-refractivity contribution < 1.29 is 9.84 Å². The molecule has 0 atom stereocenters. The molecule has 0 aromatic heterocycles. The minimum atomic E-state index is 0.0902. The first-order valence-corrected chi connectivity index (χ1v) is 7.11. The third kappa shape index (κ3) is 3.39. The molecule has 3 nitrogen and oxygen atoms in total. The molecule has 0 unspecified atom stereocenters. The topological polar surface area (TPSA) is 53.3 Å². The molecule has 0 saturated heterocycles. The van der Waals surface area contributed by atoms with Gasteiger partial charge in [0.2, 0.25) is 0 Å². The van der Waals surface area contributed by atoms with Gasteiger partial charge >= 0.3 is 0 Å². The Labute approximate surface area is 126 Å². The lowest BCUT2D eigenvalue weighted by atomic mass is 10.0. The number of halogens is 1. The zero-order chi connectivity index (χ0) is 14.7. The molecule has 20 heavy (non-hydrogen) atoms. The van der Waals surface area contributed by atoms with Crippen molar-refractivity contribution in [2.75, 3.05) is 0 Å². The second kappa shape index (κ2) is 6.09. The summed E-state index contributed by atoms with van der Waals surface area (Å²) in [7, 11) is 0. The second-order valence-electron chi connectivity index (χ2n) is 4.73. The molecule has 0 saturated carbocycles. The van der Waals surface area contributed by atoms with Gasteiger partial charge in [-0.05, 0) is 56.3 Å². The van der Waals surface area contributed by atoms with Gasteiger partial charge < -0.3 is 15.3 Å². The fourth-order valence-electron chi connectivity index (χ4n) is 1.83. The molecule has 0 spiro atoms. The zero-order valence-corrected chi connectivity index (χ0v) is 12.9. The molecule has 0 amide bonds. The van der Waals surface area contributed by atoms with Gasteiger partial charge in [0.15, 0.2) is 0 Å². The van der Waals surface area contributed by atoms with Gasteiger partial charge in [0.1, 0.15) is 11.5 Å². The monoisotopic (exact) mass is 333 g/mol. The predicted molar refractivity (Wildman–Crippen MR) is 85.6 cm³/mol. The van der Waals surface area contributed by atoms with E-state index in [1.807, 2.05) is 26.0 Å². The van der Waals surface area contributed by atoms with Crippen molar-refractivity contribution in [2.24, 2.45) is 0 Å². The van der Waals surface area contributed by atoms with Gasteiger partial charge in [-0.15, -0.1) is 0 Å². The highest BCUT2D eigenvalue weighted by molar-refractivity contribution is 9.11. The van der Waals surface area contributed by atoms with Crippen LogP contribution < -0.4 is 4.74 Å². The third-order valence-corrected chi connectivity index (χ3v) is 3.23. The molecule has 0 aliphatic heterocycles. The molecule has 0 heterocycles. The third-order valence-electron chi connectivity index (χ3n) is 2.74. The first-order chi connectivity index (χ1) is 9.47. The number of aliphatic hydroxyl groups excluding tert-OH is 1. The van der Waals surface area contributed by atoms with E-state index in [0.717, 1.165) is 10.2 Å². The Morgan fingerprint density at radius 2 is 1.85 bits per heavy atom. The maximum atomic E-state index is 10.3. The van der Waals surface area contributed by atoms with Crippen molar-refractivity contribution in [3.8, 4) is 5.75 Å². The summed E-state index contributed by atoms with van der Waals surface area (Å²) >= 11 is 3.35. The lowest BCUT2D eigenvalue weighted by molar-refractivity contribution is 0.242. The molecule has 104 valence electrons. The van der Waals surface area contributed by atoms with Crippen molar-refractivity contribution in [1.29, 1.82) is 5.41 Å². The maximum absolute atomic E-state index is 10.3. The van der Waals surface area contributed by atoms with Crippen LogP contribution in [0.25, 0.3) is 5.76 Å². The quantitative estimate of drug-likeness (QED) is 0.793. The highest BCUT2D eigenvalue weighted by Gasteiger charge is 2.13. The van der Waals surface area contributed by atoms with E-state index in [1.54, 1.807) is 30.4 Å². The summed E-state index contributed by atoms with van der Waals surface area (Å²) in [6.45, 7) is 3.93. The number of rotatable bonds is 3. The van der Waals surface area contributed by atoms with E-state index in [4.69, 9.17) is 10.1 Å². The molecule has 4 heteroatoms. The Balaban J connectivity index is 2.31. The number of hydrogen-bond acceptors (Lipinski definition) is 3. The summed E-state index contributed by atoms with van der Waals surface area (Å²) in [5.41, 5.74) is 1.44. The summed E-state index contributed by atoms with van der Waals surface area (Å²) in [4.78, 5) is 0. The highest BCUT2D eigenvalue weighted by atomic mass is 79.9. The number of benzene rings is 1. The summed E-state index contributed by atoms with van der Waals surface area (Å²) in [5.74, 6) is 0.851. The Bertz CT molecular complexity index is 610. The van der Waals surface area contributed by atoms with Gasteiger partial charge in [-0.1, -0.05) is 15.9 Å². The van der Waals surface area contributed by atoms with Crippen LogP contribution in [0.3, 0.4) is 0 Å². The van der Waals surface area contributed by atoms with Crippen LogP contribution in [0.5, 0.6) is 5.75 Å². The van der Waals surface area contributed by atoms with Gasteiger partial charge in [-0.25, -0.2) is 0 Å². The van der Waals surface area contributed by atoms with Crippen LogP contribution in [0.2, 0.25) is 0 Å². The second-order valence-corrected chi connectivity index (χ2v) is 5.65. The summed E-state index contributed by atoms with van der Waals surface area (Å²) < 4.78 is 6.39. The number of nitrogens with one attached hydrogen (secondary N) is 1. The standard InChI is InChI=1S/C16H16BrNO2/c1-10(2)20-13-6-3-11(4-7-13)16(19)14-9-12(17)5-8-15(14)18/h3-10,18-19H,1-2H3/b16-14-,18-15?. The number of aliphatic hydroxyl groups is 1. The van der Waals surface area contributed by atoms with Crippen LogP contribution in [0.15, 0.2) is 52.5 Å². The molecule has 0 fully saturated rings. The lowest BCUT2D eigenvalue weighted by Crippen LogP contribution is -2.05. The Morgan fingerprint density at radius 3 is 2.45 bits per heavy atom. The van der Waals surface area contributed by atoms with Crippen LogP contribution in [-0.2, 0) is 0 Å². The average molecular weight is 334 g/mol. The minimum Gasteiger partial charge on any atom is -0.507 e. The van der Waals surface area contributed by atoms with Gasteiger partial charge in [-0.3, -0.25) is 0 Å². The summed E-state index contributed by atoms with van der Waals surface area (Å²) in [5, 5.41) is 18.2. The van der Waals surface area contributed by atoms with Crippen LogP contribution >= 0.6 is 15.9 Å². The van der Waals surface area contributed by atoms with E-state index in [-0.39, 0.29) is 17.6 Å². The molecule has 2 N–H and O–H groups in total. The Kier molecular flexibility index (Phi) is 4.45. The normalized spacial score (nSPS) is 17.2. The first-order valence-electron chi connectivity index (χ1n) is 6.32. The van der Waals surface area contributed by atoms with E-state index < -0.39 is 0 Å². The first kappa shape index (κ1) is 14.6. The Hall–Kier alpha value is -1.81. The van der Waals surface area contributed by atoms with Gasteiger partial charge in [0.25, 0.3) is 0 Å². The van der Waals surface area contributed by atoms with E-state index >= 15 is 0 Å². The molecule has 0 bridgehead atoms. The highest BCUT2D eigenvalue weighted by Crippen LogP contribution is 2.26. The van der Waals surface area contributed by atoms with Crippen LogP contribution in [0.4, 0.5) is 0 Å². The zero-order valence-electron chi connectivity index (χ0n) is 11.4. The van der Waals surface area contributed by atoms with Crippen molar-refractivity contribution in [2.45, 2.75) is 20.0 Å². The van der Waals surface area contributed by atoms with Crippen molar-refractivity contribution in [3.63, 3.8) is 0 Å². The summed E-state index contributed by atoms with van der Waals surface area (Å²) in [6.07, 6.45) is 5.27. The summed E-state index contributed by atoms with van der Waals surface area (Å²) in [6, 6.07) is 7.20. The van der Waals surface area contributed by atoms with E-state index in [1.165, 1.54) is 0 Å². The molecular formula is C16H16BrNO2. The van der Waals surface area contributed by atoms with E-state index in [0.29, 0.717) is 11.1 Å². The van der Waals surface area contributed by atoms with E-state index in [9.17, 15) is 5.11 Å².